The Kier molecular flexibility index (Phi) is 4.42. The number of hydrogen-bond acceptors (Lipinski definition) is 3. The van der Waals surface area contributed by atoms with Crippen molar-refractivity contribution in [3.63, 3.8) is 0 Å². The number of carboxylic acids is 1. The summed E-state index contributed by atoms with van der Waals surface area (Å²) in [6.45, 7) is 2.42. The highest BCUT2D eigenvalue weighted by Crippen LogP contribution is 2.28. The Morgan fingerprint density at radius 1 is 1.24 bits per heavy atom. The second kappa shape index (κ2) is 6.26. The number of aromatic nitrogens is 1. The van der Waals surface area contributed by atoms with Crippen molar-refractivity contribution < 1.29 is 14.6 Å². The monoisotopic (exact) mass is 287 g/mol. The number of hydrogen-bond donors (Lipinski definition) is 1. The molecule has 21 heavy (non-hydrogen) atoms. The number of rotatable bonds is 5. The molecule has 0 aliphatic heterocycles. The van der Waals surface area contributed by atoms with Gasteiger partial charge in [0.15, 0.2) is 0 Å². The van der Waals surface area contributed by atoms with Gasteiger partial charge in [-0.05, 0) is 25.1 Å². The van der Waals surface area contributed by atoms with Crippen LogP contribution >= 0.6 is 0 Å². The van der Waals surface area contributed by atoms with Crippen molar-refractivity contribution in [1.29, 1.82) is 0 Å². The van der Waals surface area contributed by atoms with Gasteiger partial charge in [-0.25, -0.2) is 0 Å². The van der Waals surface area contributed by atoms with E-state index >= 15 is 0 Å². The van der Waals surface area contributed by atoms with Crippen LogP contribution in [0.15, 0.2) is 41.2 Å². The predicted molar refractivity (Wildman–Crippen MR) is 79.6 cm³/mol. The minimum atomic E-state index is -1.02. The lowest BCUT2D eigenvalue weighted by molar-refractivity contribution is -0.136. The molecule has 0 radical (unpaired) electrons. The zero-order valence-electron chi connectivity index (χ0n) is 12.0. The molecule has 0 amide bonds. The van der Waals surface area contributed by atoms with Gasteiger partial charge in [-0.1, -0.05) is 18.2 Å². The molecule has 1 aromatic heterocycles. The summed E-state index contributed by atoms with van der Waals surface area (Å²) in [5.41, 5.74) is 1.46. The summed E-state index contributed by atoms with van der Waals surface area (Å²) < 4.78 is 7.03. The number of ether oxygens (including phenoxy) is 1. The van der Waals surface area contributed by atoms with E-state index in [0.717, 1.165) is 5.56 Å². The van der Waals surface area contributed by atoms with Crippen LogP contribution in [0.4, 0.5) is 0 Å². The highest BCUT2D eigenvalue weighted by Gasteiger charge is 2.13. The second-order valence-electron chi connectivity index (χ2n) is 4.61. The molecule has 5 heteroatoms. The maximum absolute atomic E-state index is 12.2. The Hall–Kier alpha value is -2.56. The van der Waals surface area contributed by atoms with Crippen molar-refractivity contribution in [3.8, 4) is 17.0 Å². The van der Waals surface area contributed by atoms with E-state index in [4.69, 9.17) is 9.84 Å². The number of aliphatic carboxylic acids is 1. The van der Waals surface area contributed by atoms with Crippen LogP contribution in [-0.2, 0) is 18.3 Å². The number of carboxylic acid groups (broad SMARTS) is 1. The van der Waals surface area contributed by atoms with Crippen molar-refractivity contribution in [1.82, 2.24) is 4.57 Å². The van der Waals surface area contributed by atoms with Gasteiger partial charge in [0.25, 0.3) is 5.56 Å². The number of carbonyl (C=O) groups is 1. The van der Waals surface area contributed by atoms with Crippen molar-refractivity contribution >= 4 is 5.97 Å². The molecule has 0 fully saturated rings. The van der Waals surface area contributed by atoms with Crippen molar-refractivity contribution in [3.05, 3.63) is 52.3 Å². The van der Waals surface area contributed by atoms with Crippen LogP contribution in [0, 0.1) is 0 Å². The SMILES string of the molecule is CCOc1ccccc1-c1ccc(CC(=O)O)c(=O)n1C. The maximum atomic E-state index is 12.2. The Balaban J connectivity index is 2.54. The van der Waals surface area contributed by atoms with Gasteiger partial charge in [0, 0.05) is 18.2 Å². The van der Waals surface area contributed by atoms with E-state index < -0.39 is 5.97 Å². The van der Waals surface area contributed by atoms with Crippen LogP contribution < -0.4 is 10.3 Å². The third-order valence-corrected chi connectivity index (χ3v) is 3.19. The first-order valence-corrected chi connectivity index (χ1v) is 6.67. The number of nitrogens with zero attached hydrogens (tertiary/aromatic N) is 1. The molecular weight excluding hydrogens is 270 g/mol. The number of benzene rings is 1. The summed E-state index contributed by atoms with van der Waals surface area (Å²) in [7, 11) is 1.63. The largest absolute Gasteiger partial charge is 0.493 e. The Labute approximate surface area is 122 Å². The molecule has 5 nitrogen and oxygen atoms in total. The van der Waals surface area contributed by atoms with Crippen LogP contribution in [-0.4, -0.2) is 22.2 Å². The average Bonchev–Trinajstić information content (AvgIpc) is 2.45. The molecular formula is C16H17NO4. The van der Waals surface area contributed by atoms with Gasteiger partial charge in [0.1, 0.15) is 5.75 Å². The Morgan fingerprint density at radius 3 is 2.62 bits per heavy atom. The highest BCUT2D eigenvalue weighted by molar-refractivity contribution is 5.71. The minimum absolute atomic E-state index is 0.266. The lowest BCUT2D eigenvalue weighted by Crippen LogP contribution is -2.24. The molecule has 1 heterocycles. The van der Waals surface area contributed by atoms with Crippen molar-refractivity contribution in [2.75, 3.05) is 6.61 Å². The zero-order valence-corrected chi connectivity index (χ0v) is 12.0. The standard InChI is InChI=1S/C16H17NO4/c1-3-21-14-7-5-4-6-12(14)13-9-8-11(10-15(18)19)16(20)17(13)2/h4-9H,3,10H2,1-2H3,(H,18,19). The molecule has 110 valence electrons. The molecule has 0 bridgehead atoms. The summed E-state index contributed by atoms with van der Waals surface area (Å²) in [4.78, 5) is 23.0. The number of pyridine rings is 1. The molecule has 0 unspecified atom stereocenters. The summed E-state index contributed by atoms with van der Waals surface area (Å²) in [6.07, 6.45) is -0.278. The van der Waals surface area contributed by atoms with Crippen molar-refractivity contribution in [2.24, 2.45) is 7.05 Å². The summed E-state index contributed by atoms with van der Waals surface area (Å²) in [6, 6.07) is 10.8. The molecule has 1 aromatic carbocycles. The predicted octanol–water partition coefficient (Wildman–Crippen LogP) is 2.08. The van der Waals surface area contributed by atoms with E-state index in [-0.39, 0.29) is 17.5 Å². The first kappa shape index (κ1) is 14.8. The second-order valence-corrected chi connectivity index (χ2v) is 4.61. The third kappa shape index (κ3) is 3.13. The molecule has 2 rings (SSSR count). The highest BCUT2D eigenvalue weighted by atomic mass is 16.5. The fraction of sp³-hybridized carbons (Fsp3) is 0.250. The average molecular weight is 287 g/mol. The minimum Gasteiger partial charge on any atom is -0.493 e. The van der Waals surface area contributed by atoms with Gasteiger partial charge in [0.2, 0.25) is 0 Å². The number of para-hydroxylation sites is 1. The van der Waals surface area contributed by atoms with Crippen LogP contribution in [0.25, 0.3) is 11.3 Å². The Morgan fingerprint density at radius 2 is 1.95 bits per heavy atom. The van der Waals surface area contributed by atoms with E-state index in [1.165, 1.54) is 4.57 Å². The topological polar surface area (TPSA) is 68.5 Å². The van der Waals surface area contributed by atoms with E-state index in [9.17, 15) is 9.59 Å². The van der Waals surface area contributed by atoms with E-state index in [0.29, 0.717) is 18.1 Å². The molecule has 0 saturated carbocycles. The Bertz CT molecular complexity index is 718. The molecule has 0 spiro atoms. The van der Waals surface area contributed by atoms with Gasteiger partial charge in [-0.15, -0.1) is 0 Å². The lowest BCUT2D eigenvalue weighted by Gasteiger charge is -2.14. The molecule has 0 aliphatic rings. The molecule has 1 N–H and O–H groups in total. The van der Waals surface area contributed by atoms with E-state index in [1.807, 2.05) is 31.2 Å². The van der Waals surface area contributed by atoms with Crippen LogP contribution in [0.2, 0.25) is 0 Å². The maximum Gasteiger partial charge on any atom is 0.308 e. The first-order chi connectivity index (χ1) is 10.0. The summed E-state index contributed by atoms with van der Waals surface area (Å²) in [5, 5.41) is 8.81. The molecule has 0 aliphatic carbocycles. The fourth-order valence-electron chi connectivity index (χ4n) is 2.21. The summed E-state index contributed by atoms with van der Waals surface area (Å²) in [5.74, 6) is -0.324. The van der Waals surface area contributed by atoms with Gasteiger partial charge in [-0.3, -0.25) is 9.59 Å². The van der Waals surface area contributed by atoms with Crippen LogP contribution in [0.5, 0.6) is 5.75 Å². The fourth-order valence-corrected chi connectivity index (χ4v) is 2.21. The van der Waals surface area contributed by atoms with Crippen LogP contribution in [0.1, 0.15) is 12.5 Å². The smallest absolute Gasteiger partial charge is 0.308 e. The zero-order chi connectivity index (χ0) is 15.4. The van der Waals surface area contributed by atoms with Crippen molar-refractivity contribution in [2.45, 2.75) is 13.3 Å². The van der Waals surface area contributed by atoms with E-state index in [1.54, 1.807) is 19.2 Å². The van der Waals surface area contributed by atoms with Gasteiger partial charge in [0.05, 0.1) is 18.7 Å². The molecule has 2 aromatic rings. The van der Waals surface area contributed by atoms with Crippen LogP contribution in [0.3, 0.4) is 0 Å². The normalized spacial score (nSPS) is 10.4. The van der Waals surface area contributed by atoms with Gasteiger partial charge < -0.3 is 14.4 Å². The van der Waals surface area contributed by atoms with Gasteiger partial charge >= 0.3 is 5.97 Å². The lowest BCUT2D eigenvalue weighted by atomic mass is 10.1. The first-order valence-electron chi connectivity index (χ1n) is 6.67. The summed E-state index contributed by atoms with van der Waals surface area (Å²) >= 11 is 0. The third-order valence-electron chi connectivity index (χ3n) is 3.19. The van der Waals surface area contributed by atoms with E-state index in [2.05, 4.69) is 0 Å². The quantitative estimate of drug-likeness (QED) is 0.914. The van der Waals surface area contributed by atoms with Gasteiger partial charge in [-0.2, -0.15) is 0 Å². The molecule has 0 saturated heterocycles. The molecule has 0 atom stereocenters.